The summed E-state index contributed by atoms with van der Waals surface area (Å²) in [6.07, 6.45) is 0.481. The van der Waals surface area contributed by atoms with Crippen LogP contribution in [0.1, 0.15) is 32.1 Å². The van der Waals surface area contributed by atoms with Gasteiger partial charge in [0.05, 0.1) is 6.61 Å². The first kappa shape index (κ1) is 13.7. The quantitative estimate of drug-likeness (QED) is 0.801. The van der Waals surface area contributed by atoms with E-state index in [9.17, 15) is 18.7 Å². The molecule has 1 amide bonds. The lowest BCUT2D eigenvalue weighted by Crippen LogP contribution is -2.46. The van der Waals surface area contributed by atoms with E-state index in [0.717, 1.165) is 0 Å². The van der Waals surface area contributed by atoms with Gasteiger partial charge in [-0.05, 0) is 12.8 Å². The molecule has 1 unspecified atom stereocenters. The van der Waals surface area contributed by atoms with Gasteiger partial charge in [0.25, 0.3) is 0 Å². The van der Waals surface area contributed by atoms with Crippen molar-refractivity contribution in [3.05, 3.63) is 0 Å². The van der Waals surface area contributed by atoms with Crippen LogP contribution in [0.25, 0.3) is 0 Å². The Morgan fingerprint density at radius 1 is 1.33 bits per heavy atom. The Morgan fingerprint density at radius 3 is 2.56 bits per heavy atom. The lowest BCUT2D eigenvalue weighted by molar-refractivity contribution is -0.130. The van der Waals surface area contributed by atoms with E-state index in [4.69, 9.17) is 4.74 Å². The second kappa shape index (κ2) is 5.09. The number of rotatable bonds is 3. The Labute approximate surface area is 105 Å². The summed E-state index contributed by atoms with van der Waals surface area (Å²) >= 11 is 0. The fourth-order valence-corrected chi connectivity index (χ4v) is 2.43. The molecular formula is C12H19F2NO3. The predicted octanol–water partition coefficient (Wildman–Crippen LogP) is 1.08. The smallest absolute Gasteiger partial charge is 0.248 e. The van der Waals surface area contributed by atoms with Crippen molar-refractivity contribution in [1.29, 1.82) is 0 Å². The SMILES string of the molecule is O=C(NCC1(O)CCOC1)C1CCC(F)(F)CC1. The van der Waals surface area contributed by atoms with E-state index in [1.165, 1.54) is 0 Å². The lowest BCUT2D eigenvalue weighted by Gasteiger charge is -2.28. The van der Waals surface area contributed by atoms with E-state index >= 15 is 0 Å². The van der Waals surface area contributed by atoms with Gasteiger partial charge in [0, 0.05) is 38.3 Å². The van der Waals surface area contributed by atoms with Crippen molar-refractivity contribution in [2.45, 2.75) is 43.6 Å². The van der Waals surface area contributed by atoms with Gasteiger partial charge in [-0.15, -0.1) is 0 Å². The molecule has 2 fully saturated rings. The van der Waals surface area contributed by atoms with Crippen molar-refractivity contribution in [2.24, 2.45) is 5.92 Å². The second-order valence-electron chi connectivity index (χ2n) is 5.37. The number of nitrogens with one attached hydrogen (secondary N) is 1. The normalized spacial score (nSPS) is 32.4. The van der Waals surface area contributed by atoms with Crippen LogP contribution < -0.4 is 5.32 Å². The van der Waals surface area contributed by atoms with Crippen LogP contribution in [0.4, 0.5) is 8.78 Å². The van der Waals surface area contributed by atoms with Crippen LogP contribution in [0.2, 0.25) is 0 Å². The fraction of sp³-hybridized carbons (Fsp3) is 0.917. The number of aliphatic hydroxyl groups is 1. The fourth-order valence-electron chi connectivity index (χ4n) is 2.43. The molecule has 1 atom stereocenters. The Hall–Kier alpha value is -0.750. The van der Waals surface area contributed by atoms with Crippen LogP contribution in [-0.4, -0.2) is 42.3 Å². The van der Waals surface area contributed by atoms with Crippen molar-refractivity contribution < 1.29 is 23.4 Å². The molecule has 2 N–H and O–H groups in total. The van der Waals surface area contributed by atoms with Gasteiger partial charge in [-0.3, -0.25) is 4.79 Å². The van der Waals surface area contributed by atoms with Crippen molar-refractivity contribution >= 4 is 5.91 Å². The van der Waals surface area contributed by atoms with Crippen LogP contribution >= 0.6 is 0 Å². The molecule has 1 saturated heterocycles. The summed E-state index contributed by atoms with van der Waals surface area (Å²) in [5.74, 6) is -3.20. The van der Waals surface area contributed by atoms with Crippen LogP contribution in [0.15, 0.2) is 0 Å². The number of halogens is 2. The maximum atomic E-state index is 12.9. The number of carbonyl (C=O) groups is 1. The van der Waals surface area contributed by atoms with Crippen LogP contribution in [0, 0.1) is 5.92 Å². The molecule has 1 saturated carbocycles. The summed E-state index contributed by atoms with van der Waals surface area (Å²) in [5.41, 5.74) is -0.992. The zero-order valence-corrected chi connectivity index (χ0v) is 10.3. The second-order valence-corrected chi connectivity index (χ2v) is 5.37. The molecule has 0 bridgehead atoms. The minimum absolute atomic E-state index is 0.138. The van der Waals surface area contributed by atoms with Gasteiger partial charge < -0.3 is 15.2 Å². The van der Waals surface area contributed by atoms with Crippen molar-refractivity contribution in [2.75, 3.05) is 19.8 Å². The third kappa shape index (κ3) is 3.38. The highest BCUT2D eigenvalue weighted by molar-refractivity contribution is 5.78. The monoisotopic (exact) mass is 263 g/mol. The standard InChI is InChI=1S/C12H19F2NO3/c13-12(14)3-1-9(2-4-12)10(16)15-7-11(17)5-6-18-8-11/h9,17H,1-8H2,(H,15,16). The average Bonchev–Trinajstić information content (AvgIpc) is 2.74. The number of ether oxygens (including phenoxy) is 1. The molecule has 0 aromatic carbocycles. The van der Waals surface area contributed by atoms with Gasteiger partial charge in [-0.1, -0.05) is 0 Å². The van der Waals surface area contributed by atoms with E-state index in [1.54, 1.807) is 0 Å². The minimum atomic E-state index is -2.62. The molecule has 104 valence electrons. The highest BCUT2D eigenvalue weighted by atomic mass is 19.3. The van der Waals surface area contributed by atoms with E-state index in [2.05, 4.69) is 5.32 Å². The summed E-state index contributed by atoms with van der Waals surface area (Å²) in [7, 11) is 0. The minimum Gasteiger partial charge on any atom is -0.386 e. The van der Waals surface area contributed by atoms with Gasteiger partial charge in [-0.25, -0.2) is 8.78 Å². The Balaban J connectivity index is 1.75. The highest BCUT2D eigenvalue weighted by Gasteiger charge is 2.38. The molecule has 1 aliphatic heterocycles. The number of alkyl halides is 2. The summed E-state index contributed by atoms with van der Waals surface area (Å²) in [6.45, 7) is 0.844. The molecule has 18 heavy (non-hydrogen) atoms. The topological polar surface area (TPSA) is 58.6 Å². The first-order chi connectivity index (χ1) is 8.40. The van der Waals surface area contributed by atoms with E-state index in [-0.39, 0.29) is 50.7 Å². The summed E-state index contributed by atoms with van der Waals surface area (Å²) in [6, 6.07) is 0. The van der Waals surface area contributed by atoms with Crippen molar-refractivity contribution in [3.8, 4) is 0 Å². The Bertz CT molecular complexity index is 306. The molecular weight excluding hydrogens is 244 g/mol. The van der Waals surface area contributed by atoms with Crippen molar-refractivity contribution in [3.63, 3.8) is 0 Å². The van der Waals surface area contributed by atoms with Gasteiger partial charge in [0.1, 0.15) is 5.60 Å². The third-order valence-electron chi connectivity index (χ3n) is 3.76. The molecule has 0 spiro atoms. The van der Waals surface area contributed by atoms with Gasteiger partial charge in [0.2, 0.25) is 11.8 Å². The molecule has 2 rings (SSSR count). The maximum absolute atomic E-state index is 12.9. The molecule has 1 aliphatic carbocycles. The molecule has 6 heteroatoms. The van der Waals surface area contributed by atoms with Gasteiger partial charge >= 0.3 is 0 Å². The summed E-state index contributed by atoms with van der Waals surface area (Å²) in [4.78, 5) is 11.8. The Morgan fingerprint density at radius 2 is 2.00 bits per heavy atom. The molecule has 0 aromatic rings. The third-order valence-corrected chi connectivity index (χ3v) is 3.76. The highest BCUT2D eigenvalue weighted by Crippen LogP contribution is 2.36. The van der Waals surface area contributed by atoms with Crippen LogP contribution in [0.5, 0.6) is 0 Å². The molecule has 0 aromatic heterocycles. The average molecular weight is 263 g/mol. The predicted molar refractivity (Wildman–Crippen MR) is 60.3 cm³/mol. The number of amides is 1. The number of hydrogen-bond donors (Lipinski definition) is 2. The van der Waals surface area contributed by atoms with Gasteiger partial charge in [-0.2, -0.15) is 0 Å². The molecule has 4 nitrogen and oxygen atoms in total. The first-order valence-electron chi connectivity index (χ1n) is 6.36. The Kier molecular flexibility index (Phi) is 3.87. The van der Waals surface area contributed by atoms with Crippen LogP contribution in [0.3, 0.4) is 0 Å². The first-order valence-corrected chi connectivity index (χ1v) is 6.36. The molecule has 1 heterocycles. The molecule has 2 aliphatic rings. The zero-order chi connectivity index (χ0) is 13.2. The molecule has 0 radical (unpaired) electrons. The summed E-state index contributed by atoms with van der Waals surface area (Å²) in [5, 5.41) is 12.6. The van der Waals surface area contributed by atoms with Gasteiger partial charge in [0.15, 0.2) is 0 Å². The summed E-state index contributed by atoms with van der Waals surface area (Å²) < 4.78 is 31.0. The van der Waals surface area contributed by atoms with E-state index in [1.807, 2.05) is 0 Å². The van der Waals surface area contributed by atoms with E-state index in [0.29, 0.717) is 13.0 Å². The van der Waals surface area contributed by atoms with Crippen LogP contribution in [-0.2, 0) is 9.53 Å². The van der Waals surface area contributed by atoms with Crippen molar-refractivity contribution in [1.82, 2.24) is 5.32 Å². The zero-order valence-electron chi connectivity index (χ0n) is 10.3. The largest absolute Gasteiger partial charge is 0.386 e. The number of hydrogen-bond acceptors (Lipinski definition) is 3. The number of carbonyl (C=O) groups excluding carboxylic acids is 1. The maximum Gasteiger partial charge on any atom is 0.248 e. The van der Waals surface area contributed by atoms with E-state index < -0.39 is 11.5 Å². The lowest BCUT2D eigenvalue weighted by atomic mass is 9.86.